The Kier molecular flexibility index (Phi) is 3.40. The lowest BCUT2D eigenvalue weighted by Crippen LogP contribution is -2.58. The maximum Gasteiger partial charge on any atom is 0.134 e. The second kappa shape index (κ2) is 5.19. The highest BCUT2D eigenvalue weighted by atomic mass is 19.1. The molecule has 0 aliphatic heterocycles. The molecule has 0 unspecified atom stereocenters. The van der Waals surface area contributed by atoms with Gasteiger partial charge in [-0.15, -0.1) is 0 Å². The molecule has 4 heteroatoms. The van der Waals surface area contributed by atoms with Gasteiger partial charge in [-0.3, -0.25) is 0 Å². The minimum absolute atomic E-state index is 0.119. The topological polar surface area (TPSA) is 21.3 Å². The van der Waals surface area contributed by atoms with Crippen molar-refractivity contribution >= 4 is 0 Å². The van der Waals surface area contributed by atoms with Crippen molar-refractivity contribution in [2.75, 3.05) is 7.11 Å². The fourth-order valence-corrected chi connectivity index (χ4v) is 5.47. The van der Waals surface area contributed by atoms with E-state index >= 15 is 0 Å². The summed E-state index contributed by atoms with van der Waals surface area (Å²) < 4.78 is 33.1. The number of methoxy groups -OCH3 is 1. The molecule has 0 amide bonds. The Morgan fingerprint density at radius 2 is 1.55 bits per heavy atom. The van der Waals surface area contributed by atoms with Gasteiger partial charge in [0.15, 0.2) is 0 Å². The van der Waals surface area contributed by atoms with Gasteiger partial charge in [0.2, 0.25) is 0 Å². The van der Waals surface area contributed by atoms with Crippen LogP contribution in [0.25, 0.3) is 0 Å². The van der Waals surface area contributed by atoms with Crippen LogP contribution in [0.3, 0.4) is 0 Å². The van der Waals surface area contributed by atoms with Crippen LogP contribution >= 0.6 is 0 Å². The molecule has 0 atom stereocenters. The van der Waals surface area contributed by atoms with Crippen LogP contribution in [0.15, 0.2) is 12.1 Å². The lowest BCUT2D eigenvalue weighted by atomic mass is 9.53. The molecule has 1 aromatic rings. The van der Waals surface area contributed by atoms with Crippen LogP contribution in [-0.4, -0.2) is 12.6 Å². The summed E-state index contributed by atoms with van der Waals surface area (Å²) in [4.78, 5) is 0. The van der Waals surface area contributed by atoms with E-state index in [9.17, 15) is 8.78 Å². The van der Waals surface area contributed by atoms with Crippen molar-refractivity contribution in [2.24, 2.45) is 17.8 Å². The van der Waals surface area contributed by atoms with Gasteiger partial charge in [0, 0.05) is 29.8 Å². The molecular weight excluding hydrogens is 284 g/mol. The molecule has 5 rings (SSSR count). The third kappa shape index (κ3) is 2.41. The summed E-state index contributed by atoms with van der Waals surface area (Å²) in [5, 5.41) is 3.54. The third-order valence-electron chi connectivity index (χ3n) is 6.03. The standard InChI is InChI=1S/C18H23F2NO/c1-22-14-5-16(19)15(17(20)6-14)10-21-18-7-11-2-12(8-18)4-13(3-11)9-18/h5-6,11-13,21H,2-4,7-10H2,1H3. The van der Waals surface area contributed by atoms with Gasteiger partial charge in [-0.1, -0.05) is 0 Å². The SMILES string of the molecule is COc1cc(F)c(CNC23CC4CC(CC(C4)C2)C3)c(F)c1. The van der Waals surface area contributed by atoms with Gasteiger partial charge in [0.25, 0.3) is 0 Å². The number of hydrogen-bond donors (Lipinski definition) is 1. The van der Waals surface area contributed by atoms with Crippen LogP contribution in [0.4, 0.5) is 8.78 Å². The van der Waals surface area contributed by atoms with Crippen molar-refractivity contribution < 1.29 is 13.5 Å². The molecule has 22 heavy (non-hydrogen) atoms. The van der Waals surface area contributed by atoms with Crippen molar-refractivity contribution in [1.82, 2.24) is 5.32 Å². The van der Waals surface area contributed by atoms with Gasteiger partial charge in [0.05, 0.1) is 7.11 Å². The molecule has 1 N–H and O–H groups in total. The minimum Gasteiger partial charge on any atom is -0.497 e. The molecule has 0 spiro atoms. The van der Waals surface area contributed by atoms with Crippen LogP contribution in [0.1, 0.15) is 44.1 Å². The van der Waals surface area contributed by atoms with E-state index < -0.39 is 11.6 Å². The molecule has 0 aromatic heterocycles. The molecule has 0 radical (unpaired) electrons. The average Bonchev–Trinajstić information content (AvgIpc) is 2.44. The van der Waals surface area contributed by atoms with Crippen molar-refractivity contribution in [2.45, 2.75) is 50.6 Å². The summed E-state index contributed by atoms with van der Waals surface area (Å²) in [5.41, 5.74) is 0.254. The predicted octanol–water partition coefficient (Wildman–Crippen LogP) is 4.03. The first kappa shape index (κ1) is 14.4. The molecule has 4 fully saturated rings. The highest BCUT2D eigenvalue weighted by molar-refractivity contribution is 5.30. The van der Waals surface area contributed by atoms with Crippen LogP contribution in [0.5, 0.6) is 5.75 Å². The normalized spacial score (nSPS) is 35.9. The summed E-state index contributed by atoms with van der Waals surface area (Å²) in [6.07, 6.45) is 7.64. The Hall–Kier alpha value is -1.16. The van der Waals surface area contributed by atoms with Gasteiger partial charge in [-0.25, -0.2) is 8.78 Å². The van der Waals surface area contributed by atoms with Crippen LogP contribution < -0.4 is 10.1 Å². The van der Waals surface area contributed by atoms with Gasteiger partial charge in [-0.2, -0.15) is 0 Å². The van der Waals surface area contributed by atoms with Crippen LogP contribution in [-0.2, 0) is 6.54 Å². The van der Waals surface area contributed by atoms with E-state index in [0.717, 1.165) is 17.8 Å². The van der Waals surface area contributed by atoms with E-state index in [4.69, 9.17) is 4.74 Å². The molecule has 4 aliphatic carbocycles. The Bertz CT molecular complexity index is 528. The lowest BCUT2D eigenvalue weighted by Gasteiger charge is -2.57. The van der Waals surface area contributed by atoms with Crippen molar-refractivity contribution in [3.63, 3.8) is 0 Å². The zero-order chi connectivity index (χ0) is 15.3. The van der Waals surface area contributed by atoms with E-state index in [2.05, 4.69) is 5.32 Å². The summed E-state index contributed by atoms with van der Waals surface area (Å²) in [6, 6.07) is 2.53. The molecule has 4 saturated carbocycles. The summed E-state index contributed by atoms with van der Waals surface area (Å²) >= 11 is 0. The zero-order valence-corrected chi connectivity index (χ0v) is 13.0. The number of rotatable bonds is 4. The van der Waals surface area contributed by atoms with Gasteiger partial charge >= 0.3 is 0 Å². The van der Waals surface area contributed by atoms with Crippen molar-refractivity contribution in [1.29, 1.82) is 0 Å². The van der Waals surface area contributed by atoms with Gasteiger partial charge < -0.3 is 10.1 Å². The number of benzene rings is 1. The molecule has 1 aromatic carbocycles. The Morgan fingerprint density at radius 1 is 1.05 bits per heavy atom. The minimum atomic E-state index is -0.519. The quantitative estimate of drug-likeness (QED) is 0.906. The fraction of sp³-hybridized carbons (Fsp3) is 0.667. The smallest absolute Gasteiger partial charge is 0.134 e. The van der Waals surface area contributed by atoms with Crippen LogP contribution in [0.2, 0.25) is 0 Å². The fourth-order valence-electron chi connectivity index (χ4n) is 5.47. The van der Waals surface area contributed by atoms with Crippen molar-refractivity contribution in [3.05, 3.63) is 29.3 Å². The Morgan fingerprint density at radius 3 is 2.00 bits per heavy atom. The Balaban J connectivity index is 1.51. The predicted molar refractivity (Wildman–Crippen MR) is 80.7 cm³/mol. The van der Waals surface area contributed by atoms with Gasteiger partial charge in [0.1, 0.15) is 17.4 Å². The zero-order valence-electron chi connectivity index (χ0n) is 13.0. The van der Waals surface area contributed by atoms with E-state index in [1.54, 1.807) is 0 Å². The van der Waals surface area contributed by atoms with Crippen LogP contribution in [0, 0.1) is 29.4 Å². The first-order chi connectivity index (χ1) is 10.6. The first-order valence-electron chi connectivity index (χ1n) is 8.34. The average molecular weight is 307 g/mol. The highest BCUT2D eigenvalue weighted by Crippen LogP contribution is 2.55. The number of nitrogens with one attached hydrogen (secondary N) is 1. The molecule has 4 aliphatic rings. The van der Waals surface area contributed by atoms with Crippen molar-refractivity contribution in [3.8, 4) is 5.75 Å². The Labute approximate surface area is 130 Å². The van der Waals surface area contributed by atoms with E-state index in [1.165, 1.54) is 57.8 Å². The maximum atomic E-state index is 14.1. The van der Waals surface area contributed by atoms with E-state index in [-0.39, 0.29) is 23.4 Å². The maximum absolute atomic E-state index is 14.1. The second-order valence-corrected chi connectivity index (χ2v) is 7.62. The molecule has 120 valence electrons. The summed E-state index contributed by atoms with van der Waals surface area (Å²) in [5.74, 6) is 1.66. The summed E-state index contributed by atoms with van der Waals surface area (Å²) in [6.45, 7) is 0.272. The molecule has 0 saturated heterocycles. The van der Waals surface area contributed by atoms with E-state index in [0.29, 0.717) is 0 Å². The van der Waals surface area contributed by atoms with Gasteiger partial charge in [-0.05, 0) is 56.3 Å². The number of ether oxygens (including phenoxy) is 1. The monoisotopic (exact) mass is 307 g/mol. The molecule has 0 heterocycles. The lowest BCUT2D eigenvalue weighted by molar-refractivity contribution is -0.0208. The summed E-state index contributed by atoms with van der Waals surface area (Å²) in [7, 11) is 1.42. The molecule has 2 nitrogen and oxygen atoms in total. The number of halogens is 2. The third-order valence-corrected chi connectivity index (χ3v) is 6.03. The second-order valence-electron chi connectivity index (χ2n) is 7.62. The molecule has 4 bridgehead atoms. The largest absolute Gasteiger partial charge is 0.497 e. The van der Waals surface area contributed by atoms with E-state index in [1.807, 2.05) is 0 Å². The first-order valence-corrected chi connectivity index (χ1v) is 8.34. The molecular formula is C18H23F2NO. The highest BCUT2D eigenvalue weighted by Gasteiger charge is 2.50. The number of hydrogen-bond acceptors (Lipinski definition) is 2.